The van der Waals surface area contributed by atoms with Gasteiger partial charge in [0.2, 0.25) is 0 Å². The quantitative estimate of drug-likeness (QED) is 0.318. The molecule has 0 aliphatic carbocycles. The number of carbonyl (C=O) groups is 1. The van der Waals surface area contributed by atoms with Crippen molar-refractivity contribution in [1.82, 2.24) is 0 Å². The molecule has 0 atom stereocenters. The highest BCUT2D eigenvalue weighted by Crippen LogP contribution is 1.96. The van der Waals surface area contributed by atoms with Gasteiger partial charge in [0.25, 0.3) is 0 Å². The Bertz CT molecular complexity index is 403. The number of aromatic nitrogens is 1. The van der Waals surface area contributed by atoms with Gasteiger partial charge in [-0.2, -0.15) is 10.4 Å². The van der Waals surface area contributed by atoms with Gasteiger partial charge in [0, 0.05) is 12.1 Å². The van der Waals surface area contributed by atoms with Gasteiger partial charge in [0.1, 0.15) is 0 Å². The molecule has 0 saturated heterocycles. The summed E-state index contributed by atoms with van der Waals surface area (Å²) in [6.07, 6.45) is 3.32. The molecule has 0 fully saturated rings. The number of hydrogen-bond donors (Lipinski definition) is 0. The second-order valence-corrected chi connectivity index (χ2v) is 2.96. The molecule has 0 radical (unpaired) electrons. The molecule has 0 bridgehead atoms. The molecule has 1 aromatic rings. The molecule has 0 aromatic carbocycles. The lowest BCUT2D eigenvalue weighted by Crippen LogP contribution is -2.36. The van der Waals surface area contributed by atoms with Gasteiger partial charge in [-0.3, -0.25) is 0 Å². The molecule has 4 heteroatoms. The zero-order valence-corrected chi connectivity index (χ0v) is 8.73. The minimum atomic E-state index is -0.603. The maximum atomic E-state index is 11.4. The second kappa shape index (κ2) is 5.08. The largest absolute Gasteiger partial charge is 0.757 e. The number of carbonyl (C=O) groups excluding carboxylic acids is 1. The van der Waals surface area contributed by atoms with E-state index in [9.17, 15) is 4.79 Å². The maximum absolute atomic E-state index is 11.4. The molecular formula is C11H12N2O2. The maximum Gasteiger partial charge on any atom is 0.411 e. The van der Waals surface area contributed by atoms with E-state index in [4.69, 9.17) is 10.1 Å². The molecule has 0 aliphatic rings. The second-order valence-electron chi connectivity index (χ2n) is 2.96. The summed E-state index contributed by atoms with van der Waals surface area (Å²) >= 11 is 0. The number of esters is 1. The van der Waals surface area contributed by atoms with Gasteiger partial charge in [-0.05, 0) is 19.4 Å². The van der Waals surface area contributed by atoms with Crippen LogP contribution in [0.5, 0.6) is 0 Å². The van der Waals surface area contributed by atoms with Crippen LogP contribution in [0.1, 0.15) is 12.5 Å². The SMILES string of the molecule is CCOC(=O)C(=C=[N-])[n+]1ccc(C)cc1. The number of aryl methyl sites for hydroxylation is 1. The summed E-state index contributed by atoms with van der Waals surface area (Å²) in [5.74, 6) is 1.22. The molecule has 1 rings (SSSR count). The fraction of sp³-hybridized carbons (Fsp3) is 0.273. The fourth-order valence-electron chi connectivity index (χ4n) is 1.06. The molecule has 0 amide bonds. The lowest BCUT2D eigenvalue weighted by atomic mass is 10.3. The van der Waals surface area contributed by atoms with E-state index in [1.165, 1.54) is 4.57 Å². The summed E-state index contributed by atoms with van der Waals surface area (Å²) in [7, 11) is 0. The Hall–Kier alpha value is -1.93. The first kappa shape index (κ1) is 11.1. The zero-order valence-electron chi connectivity index (χ0n) is 8.73. The van der Waals surface area contributed by atoms with Gasteiger partial charge in [0.05, 0.1) is 6.61 Å². The van der Waals surface area contributed by atoms with Crippen molar-refractivity contribution in [2.75, 3.05) is 6.61 Å². The topological polar surface area (TPSA) is 52.5 Å². The molecule has 0 aliphatic heterocycles. The molecule has 1 aromatic heterocycles. The van der Waals surface area contributed by atoms with Gasteiger partial charge < -0.3 is 10.1 Å². The molecule has 1 heterocycles. The van der Waals surface area contributed by atoms with Gasteiger partial charge >= 0.3 is 11.7 Å². The first-order chi connectivity index (χ1) is 7.19. The molecule has 0 unspecified atom stereocenters. The Kier molecular flexibility index (Phi) is 3.77. The minimum absolute atomic E-state index is 0.0307. The Morgan fingerprint density at radius 2 is 2.13 bits per heavy atom. The Morgan fingerprint density at radius 3 is 2.60 bits per heavy atom. The van der Waals surface area contributed by atoms with E-state index >= 15 is 0 Å². The van der Waals surface area contributed by atoms with Crippen molar-refractivity contribution >= 4 is 17.5 Å². The average Bonchev–Trinajstić information content (AvgIpc) is 2.22. The van der Waals surface area contributed by atoms with Crippen molar-refractivity contribution in [3.8, 4) is 0 Å². The highest BCUT2D eigenvalue weighted by Gasteiger charge is 2.18. The summed E-state index contributed by atoms with van der Waals surface area (Å²) in [6.45, 7) is 3.89. The van der Waals surface area contributed by atoms with E-state index < -0.39 is 5.97 Å². The first-order valence-corrected chi connectivity index (χ1v) is 4.61. The summed E-state index contributed by atoms with van der Waals surface area (Å²) in [5.41, 5.74) is 1.03. The first-order valence-electron chi connectivity index (χ1n) is 4.61. The number of hydrogen-bond acceptors (Lipinski definition) is 2. The number of pyridine rings is 1. The zero-order chi connectivity index (χ0) is 11.3. The monoisotopic (exact) mass is 204 g/mol. The van der Waals surface area contributed by atoms with Crippen molar-refractivity contribution in [1.29, 1.82) is 0 Å². The molecular weight excluding hydrogens is 192 g/mol. The molecule has 4 nitrogen and oxygen atoms in total. The van der Waals surface area contributed by atoms with E-state index in [2.05, 4.69) is 0 Å². The van der Waals surface area contributed by atoms with Crippen LogP contribution < -0.4 is 4.57 Å². The van der Waals surface area contributed by atoms with E-state index in [1.807, 2.05) is 24.9 Å². The molecule has 0 N–H and O–H groups in total. The van der Waals surface area contributed by atoms with Crippen LogP contribution >= 0.6 is 0 Å². The Labute approximate surface area is 88.3 Å². The van der Waals surface area contributed by atoms with Crippen molar-refractivity contribution in [3.05, 3.63) is 35.5 Å². The normalized spacial score (nSPS) is 9.20. The van der Waals surface area contributed by atoms with Crippen LogP contribution in [0.15, 0.2) is 24.5 Å². The third kappa shape index (κ3) is 2.76. The lowest BCUT2D eigenvalue weighted by molar-refractivity contribution is -0.576. The van der Waals surface area contributed by atoms with Crippen LogP contribution in [0.3, 0.4) is 0 Å². The Morgan fingerprint density at radius 1 is 1.53 bits per heavy atom. The van der Waals surface area contributed by atoms with Crippen molar-refractivity contribution in [2.24, 2.45) is 0 Å². The van der Waals surface area contributed by atoms with Gasteiger partial charge in [-0.15, -0.1) is 0 Å². The van der Waals surface area contributed by atoms with Crippen LogP contribution in [0.25, 0.3) is 11.1 Å². The fourth-order valence-corrected chi connectivity index (χ4v) is 1.06. The standard InChI is InChI=1S/C11H12N2O2/c1-3-15-11(14)10(8-12)13-6-4-9(2)5-7-13/h4-7H,3H2,1-2H3. The molecule has 0 spiro atoms. The van der Waals surface area contributed by atoms with E-state index in [-0.39, 0.29) is 12.3 Å². The summed E-state index contributed by atoms with van der Waals surface area (Å²) in [6, 6.07) is 3.63. The third-order valence-electron chi connectivity index (χ3n) is 1.83. The number of ether oxygens (including phenoxy) is 1. The van der Waals surface area contributed by atoms with Crippen LogP contribution in [0.2, 0.25) is 0 Å². The average molecular weight is 204 g/mol. The predicted molar refractivity (Wildman–Crippen MR) is 56.1 cm³/mol. The third-order valence-corrected chi connectivity index (χ3v) is 1.83. The van der Waals surface area contributed by atoms with Crippen LogP contribution in [0.4, 0.5) is 0 Å². The molecule has 78 valence electrons. The predicted octanol–water partition coefficient (Wildman–Crippen LogP) is 0.926. The van der Waals surface area contributed by atoms with Crippen LogP contribution in [0, 0.1) is 6.92 Å². The van der Waals surface area contributed by atoms with Crippen LogP contribution in [-0.4, -0.2) is 18.4 Å². The molecule has 0 saturated carbocycles. The van der Waals surface area contributed by atoms with Crippen molar-refractivity contribution in [3.63, 3.8) is 0 Å². The lowest BCUT2D eigenvalue weighted by Gasteiger charge is -2.00. The van der Waals surface area contributed by atoms with Crippen molar-refractivity contribution < 1.29 is 14.1 Å². The summed E-state index contributed by atoms with van der Waals surface area (Å²) in [5, 5.41) is 8.84. The summed E-state index contributed by atoms with van der Waals surface area (Å²) < 4.78 is 6.21. The van der Waals surface area contributed by atoms with E-state index in [0.717, 1.165) is 5.56 Å². The highest BCUT2D eigenvalue weighted by atomic mass is 16.5. The minimum Gasteiger partial charge on any atom is -0.757 e. The van der Waals surface area contributed by atoms with Gasteiger partial charge in [-0.25, -0.2) is 4.79 Å². The highest BCUT2D eigenvalue weighted by molar-refractivity contribution is 6.16. The molecule has 15 heavy (non-hydrogen) atoms. The van der Waals surface area contributed by atoms with Gasteiger partial charge in [0.15, 0.2) is 12.4 Å². The van der Waals surface area contributed by atoms with Crippen LogP contribution in [-0.2, 0) is 9.53 Å². The van der Waals surface area contributed by atoms with E-state index in [1.54, 1.807) is 19.3 Å². The number of rotatable bonds is 3. The van der Waals surface area contributed by atoms with E-state index in [0.29, 0.717) is 0 Å². The number of nitrogens with zero attached hydrogens (tertiary/aromatic N) is 2. The smallest absolute Gasteiger partial charge is 0.411 e. The van der Waals surface area contributed by atoms with Gasteiger partial charge in [-0.1, -0.05) is 0 Å². The van der Waals surface area contributed by atoms with Crippen molar-refractivity contribution in [2.45, 2.75) is 13.8 Å². The Balaban J connectivity index is 2.99. The summed E-state index contributed by atoms with van der Waals surface area (Å²) in [4.78, 5) is 11.4.